The zero-order chi connectivity index (χ0) is 18.2. The van der Waals surface area contributed by atoms with Crippen LogP contribution in [0.15, 0.2) is 24.3 Å². The van der Waals surface area contributed by atoms with Crippen LogP contribution in [0, 0.1) is 30.6 Å². The van der Waals surface area contributed by atoms with Gasteiger partial charge in [-0.25, -0.2) is 10.0 Å². The van der Waals surface area contributed by atoms with Crippen molar-refractivity contribution in [2.24, 2.45) is 23.7 Å². The molecule has 4 aliphatic carbocycles. The fourth-order valence-electron chi connectivity index (χ4n) is 6.50. The van der Waals surface area contributed by atoms with Crippen LogP contribution in [0.2, 0.25) is 0 Å². The molecule has 1 heterocycles. The topological polar surface area (TPSA) is 40.6 Å². The van der Waals surface area contributed by atoms with Gasteiger partial charge in [-0.05, 0) is 88.7 Å². The molecule has 4 heteroatoms. The van der Waals surface area contributed by atoms with Gasteiger partial charge in [-0.1, -0.05) is 17.7 Å². The zero-order valence-electron chi connectivity index (χ0n) is 15.9. The maximum absolute atomic E-state index is 13.3. The van der Waals surface area contributed by atoms with Crippen molar-refractivity contribution in [3.8, 4) is 0 Å². The Morgan fingerprint density at radius 1 is 1.04 bits per heavy atom. The number of benzene rings is 1. The van der Waals surface area contributed by atoms with Crippen molar-refractivity contribution in [1.82, 2.24) is 10.0 Å². The van der Waals surface area contributed by atoms with Gasteiger partial charge in [0, 0.05) is 5.56 Å². The molecular formula is C22H28N2O2. The third-order valence-electron chi connectivity index (χ3n) is 7.39. The van der Waals surface area contributed by atoms with Crippen molar-refractivity contribution in [2.45, 2.75) is 64.5 Å². The number of carbonyl (C=O) groups excluding carboxylic acids is 2. The van der Waals surface area contributed by atoms with Gasteiger partial charge in [0.2, 0.25) is 0 Å². The van der Waals surface area contributed by atoms with E-state index in [2.05, 4.69) is 0 Å². The summed E-state index contributed by atoms with van der Waals surface area (Å²) in [7, 11) is 0. The van der Waals surface area contributed by atoms with Crippen molar-refractivity contribution in [1.29, 1.82) is 0 Å². The van der Waals surface area contributed by atoms with Crippen LogP contribution in [0.1, 0.15) is 61.9 Å². The van der Waals surface area contributed by atoms with Gasteiger partial charge in [0.1, 0.15) is 5.54 Å². The lowest BCUT2D eigenvalue weighted by atomic mass is 9.53. The molecule has 4 saturated carbocycles. The highest BCUT2D eigenvalue weighted by Gasteiger charge is 2.62. The van der Waals surface area contributed by atoms with Crippen LogP contribution in [0.3, 0.4) is 0 Å². The third-order valence-corrected chi connectivity index (χ3v) is 7.39. The average molecular weight is 352 g/mol. The van der Waals surface area contributed by atoms with E-state index in [9.17, 15) is 9.59 Å². The molecule has 2 amide bonds. The Morgan fingerprint density at radius 3 is 2.23 bits per heavy atom. The number of hydrogen-bond donors (Lipinski definition) is 0. The maximum atomic E-state index is 13.3. The minimum absolute atomic E-state index is 0.0351. The molecular weight excluding hydrogens is 324 g/mol. The Labute approximate surface area is 155 Å². The second-order valence-corrected chi connectivity index (χ2v) is 9.62. The van der Waals surface area contributed by atoms with E-state index in [1.807, 2.05) is 50.0 Å². The molecule has 5 fully saturated rings. The largest absolute Gasteiger partial charge is 0.273 e. The van der Waals surface area contributed by atoms with Gasteiger partial charge in [0.25, 0.3) is 11.8 Å². The first-order chi connectivity index (χ1) is 12.4. The second-order valence-electron chi connectivity index (χ2n) is 9.62. The highest BCUT2D eigenvalue weighted by molar-refractivity contribution is 6.04. The molecule has 0 radical (unpaired) electrons. The molecule has 0 N–H and O–H groups in total. The summed E-state index contributed by atoms with van der Waals surface area (Å²) in [5, 5.41) is 3.65. The van der Waals surface area contributed by atoms with Crippen LogP contribution in [0.25, 0.3) is 0 Å². The normalized spacial score (nSPS) is 37.0. The van der Waals surface area contributed by atoms with Gasteiger partial charge >= 0.3 is 0 Å². The van der Waals surface area contributed by atoms with Crippen molar-refractivity contribution in [3.63, 3.8) is 0 Å². The number of rotatable bonds is 2. The minimum atomic E-state index is -0.741. The molecule has 0 atom stereocenters. The van der Waals surface area contributed by atoms with Crippen molar-refractivity contribution in [2.75, 3.05) is 0 Å². The monoisotopic (exact) mass is 352 g/mol. The molecule has 4 bridgehead atoms. The first-order valence-electron chi connectivity index (χ1n) is 10.1. The van der Waals surface area contributed by atoms with E-state index in [4.69, 9.17) is 0 Å². The number of amides is 2. The van der Waals surface area contributed by atoms with E-state index in [1.165, 1.54) is 32.1 Å². The fourth-order valence-corrected chi connectivity index (χ4v) is 6.50. The van der Waals surface area contributed by atoms with E-state index in [0.717, 1.165) is 17.4 Å². The van der Waals surface area contributed by atoms with Gasteiger partial charge in [0.15, 0.2) is 0 Å². The van der Waals surface area contributed by atoms with Crippen LogP contribution < -0.4 is 0 Å². The number of hydrazine groups is 1. The summed E-state index contributed by atoms with van der Waals surface area (Å²) in [5.41, 5.74) is 1.01. The second kappa shape index (κ2) is 5.34. The Morgan fingerprint density at radius 2 is 1.65 bits per heavy atom. The molecule has 26 heavy (non-hydrogen) atoms. The van der Waals surface area contributed by atoms with Crippen LogP contribution in [0.4, 0.5) is 0 Å². The molecule has 1 aliphatic heterocycles. The zero-order valence-corrected chi connectivity index (χ0v) is 15.9. The summed E-state index contributed by atoms with van der Waals surface area (Å²) >= 11 is 0. The number of nitrogens with zero attached hydrogens (tertiary/aromatic N) is 2. The Kier molecular flexibility index (Phi) is 3.35. The predicted molar refractivity (Wildman–Crippen MR) is 99.1 cm³/mol. The highest BCUT2D eigenvalue weighted by atomic mass is 16.2. The lowest BCUT2D eigenvalue weighted by Gasteiger charge is -2.65. The fraction of sp³-hybridized carbons (Fsp3) is 0.636. The molecule has 1 aromatic carbocycles. The third kappa shape index (κ3) is 2.14. The van der Waals surface area contributed by atoms with Gasteiger partial charge < -0.3 is 0 Å². The summed E-state index contributed by atoms with van der Waals surface area (Å²) in [6.45, 7) is 5.77. The smallest absolute Gasteiger partial charge is 0.270 e. The van der Waals surface area contributed by atoms with Crippen LogP contribution in [-0.4, -0.2) is 33.4 Å². The average Bonchev–Trinajstić information content (AvgIpc) is 2.59. The predicted octanol–water partition coefficient (Wildman–Crippen LogP) is 3.80. The summed E-state index contributed by atoms with van der Waals surface area (Å²) in [6.07, 6.45) is 6.37. The van der Waals surface area contributed by atoms with E-state index in [1.54, 1.807) is 5.01 Å². The molecule has 0 unspecified atom stereocenters. The molecule has 1 saturated heterocycles. The van der Waals surface area contributed by atoms with Gasteiger partial charge in [-0.2, -0.15) is 0 Å². The summed E-state index contributed by atoms with van der Waals surface area (Å²) in [4.78, 5) is 26.4. The molecule has 138 valence electrons. The molecule has 6 rings (SSSR count). The van der Waals surface area contributed by atoms with E-state index in [0.29, 0.717) is 17.4 Å². The van der Waals surface area contributed by atoms with Gasteiger partial charge in [-0.15, -0.1) is 0 Å². The Hall–Kier alpha value is -1.84. The van der Waals surface area contributed by atoms with Crippen molar-refractivity contribution >= 4 is 11.8 Å². The SMILES string of the molecule is Cc1cccc(C(=O)N2N(C3C4CC5CC(C4)CC3C5)C(=O)C2(C)C)c1. The van der Waals surface area contributed by atoms with E-state index < -0.39 is 5.54 Å². The minimum Gasteiger partial charge on any atom is -0.270 e. The summed E-state index contributed by atoms with van der Waals surface area (Å²) in [5.74, 6) is 2.97. The van der Waals surface area contributed by atoms with Crippen molar-refractivity contribution < 1.29 is 9.59 Å². The first kappa shape index (κ1) is 16.3. The van der Waals surface area contributed by atoms with E-state index in [-0.39, 0.29) is 17.9 Å². The number of hydrogen-bond acceptors (Lipinski definition) is 2. The van der Waals surface area contributed by atoms with Crippen molar-refractivity contribution in [3.05, 3.63) is 35.4 Å². The molecule has 5 aliphatic rings. The summed E-state index contributed by atoms with van der Waals surface area (Å²) < 4.78 is 0. The van der Waals surface area contributed by atoms with Crippen LogP contribution in [0.5, 0.6) is 0 Å². The van der Waals surface area contributed by atoms with Crippen LogP contribution in [-0.2, 0) is 4.79 Å². The lowest BCUT2D eigenvalue weighted by molar-refractivity contribution is -0.230. The molecule has 0 aromatic heterocycles. The van der Waals surface area contributed by atoms with Crippen LogP contribution >= 0.6 is 0 Å². The number of carbonyl (C=O) groups is 2. The highest BCUT2D eigenvalue weighted by Crippen LogP contribution is 2.57. The Bertz CT molecular complexity index is 756. The van der Waals surface area contributed by atoms with E-state index >= 15 is 0 Å². The summed E-state index contributed by atoms with van der Waals surface area (Å²) in [6, 6.07) is 7.94. The standard InChI is InChI=1S/C22H28N2O2/c1-13-5-4-6-16(7-13)20(25)24-22(2,3)21(26)23(24)19-17-9-14-8-15(11-17)12-18(19)10-14/h4-7,14-15,17-19H,8-12H2,1-3H3. The molecule has 0 spiro atoms. The quantitative estimate of drug-likeness (QED) is 0.812. The van der Waals surface area contributed by atoms with Gasteiger partial charge in [-0.3, -0.25) is 9.59 Å². The number of aryl methyl sites for hydroxylation is 1. The molecule has 4 nitrogen and oxygen atoms in total. The lowest BCUT2D eigenvalue weighted by Crippen LogP contribution is -2.80. The maximum Gasteiger partial charge on any atom is 0.273 e. The molecule has 1 aromatic rings. The van der Waals surface area contributed by atoms with Gasteiger partial charge in [0.05, 0.1) is 6.04 Å². The first-order valence-corrected chi connectivity index (χ1v) is 10.1. The Balaban J connectivity index is 1.48.